The van der Waals surface area contributed by atoms with Gasteiger partial charge in [0.25, 0.3) is 11.9 Å². The minimum atomic E-state index is -0.508. The maximum atomic E-state index is 14.4. The summed E-state index contributed by atoms with van der Waals surface area (Å²) in [5, 5.41) is 0.355. The Morgan fingerprint density at radius 2 is 1.97 bits per heavy atom. The van der Waals surface area contributed by atoms with Crippen LogP contribution in [-0.2, 0) is 0 Å². The Bertz CT molecular complexity index is 1140. The van der Waals surface area contributed by atoms with Crippen molar-refractivity contribution in [1.82, 2.24) is 14.9 Å². The fourth-order valence-electron chi connectivity index (χ4n) is 3.56. The number of carbonyl (C=O) groups excluding carboxylic acids is 1. The topological polar surface area (TPSA) is 71.7 Å². The van der Waals surface area contributed by atoms with Gasteiger partial charge in [0.2, 0.25) is 5.65 Å². The molecular formula is C22H22ClFN4O3. The van der Waals surface area contributed by atoms with Gasteiger partial charge in [-0.1, -0.05) is 18.5 Å². The van der Waals surface area contributed by atoms with Crippen LogP contribution in [0.4, 0.5) is 10.4 Å². The van der Waals surface area contributed by atoms with Crippen LogP contribution >= 0.6 is 11.6 Å². The quantitative estimate of drug-likeness (QED) is 0.550. The summed E-state index contributed by atoms with van der Waals surface area (Å²) in [6, 6.07) is 8.26. The molecule has 3 heterocycles. The molecule has 7 nitrogen and oxygen atoms in total. The summed E-state index contributed by atoms with van der Waals surface area (Å²) in [7, 11) is 0. The highest BCUT2D eigenvalue weighted by molar-refractivity contribution is 6.29. The number of pyridine rings is 1. The van der Waals surface area contributed by atoms with Crippen molar-refractivity contribution in [2.45, 2.75) is 19.8 Å². The van der Waals surface area contributed by atoms with Crippen molar-refractivity contribution < 1.29 is 18.3 Å². The normalized spacial score (nSPS) is 17.8. The lowest BCUT2D eigenvalue weighted by Gasteiger charge is -2.33. The number of rotatable bonds is 5. The zero-order valence-corrected chi connectivity index (χ0v) is 17.9. The van der Waals surface area contributed by atoms with Crippen molar-refractivity contribution in [1.29, 1.82) is 0 Å². The average molecular weight is 445 g/mol. The molecule has 9 heteroatoms. The average Bonchev–Trinajstić information content (AvgIpc) is 3.36. The number of fused-ring (bicyclic) bond motifs is 1. The fourth-order valence-corrected chi connectivity index (χ4v) is 3.71. The van der Waals surface area contributed by atoms with Gasteiger partial charge in [0.15, 0.2) is 17.1 Å². The van der Waals surface area contributed by atoms with Gasteiger partial charge in [0.1, 0.15) is 5.15 Å². The molecule has 1 aliphatic heterocycles. The van der Waals surface area contributed by atoms with Gasteiger partial charge in [-0.3, -0.25) is 4.79 Å². The summed E-state index contributed by atoms with van der Waals surface area (Å²) in [4.78, 5) is 25.0. The highest BCUT2D eigenvalue weighted by Gasteiger charge is 2.38. The van der Waals surface area contributed by atoms with Crippen molar-refractivity contribution in [2.24, 2.45) is 5.41 Å². The van der Waals surface area contributed by atoms with Crippen LogP contribution in [-0.4, -0.2) is 53.6 Å². The van der Waals surface area contributed by atoms with Crippen LogP contribution in [0.3, 0.4) is 0 Å². The van der Waals surface area contributed by atoms with Crippen LogP contribution in [0.15, 0.2) is 34.7 Å². The van der Waals surface area contributed by atoms with Crippen LogP contribution in [0.25, 0.3) is 11.2 Å². The smallest absolute Gasteiger partial charge is 0.300 e. The van der Waals surface area contributed by atoms with E-state index in [2.05, 4.69) is 16.9 Å². The number of piperazine rings is 1. The van der Waals surface area contributed by atoms with Crippen molar-refractivity contribution in [3.05, 3.63) is 46.9 Å². The molecule has 0 bridgehead atoms. The molecule has 2 aliphatic rings. The standard InChI is InChI=1S/C22H22ClFN4O3/c1-22(6-7-22)13-30-16-3-2-14(12-15(16)24)20(29)27-8-10-28(11-9-27)21-26-19-17(31-21)4-5-18(23)25-19/h2-5,12H,6-11,13H2,1H3. The molecule has 3 aromatic rings. The van der Waals surface area contributed by atoms with Gasteiger partial charge in [0, 0.05) is 37.2 Å². The molecule has 162 valence electrons. The monoisotopic (exact) mass is 444 g/mol. The summed E-state index contributed by atoms with van der Waals surface area (Å²) in [6.07, 6.45) is 2.20. The number of hydrogen-bond acceptors (Lipinski definition) is 6. The Balaban J connectivity index is 1.21. The molecule has 0 unspecified atom stereocenters. The molecule has 0 atom stereocenters. The zero-order chi connectivity index (χ0) is 21.6. The maximum Gasteiger partial charge on any atom is 0.300 e. The van der Waals surface area contributed by atoms with E-state index in [1.54, 1.807) is 29.2 Å². The van der Waals surface area contributed by atoms with Crippen LogP contribution in [0, 0.1) is 11.2 Å². The van der Waals surface area contributed by atoms with E-state index in [1.807, 2.05) is 4.90 Å². The van der Waals surface area contributed by atoms with Gasteiger partial charge in [0.05, 0.1) is 6.61 Å². The van der Waals surface area contributed by atoms with Gasteiger partial charge in [-0.05, 0) is 43.2 Å². The number of halogens is 2. The largest absolute Gasteiger partial charge is 0.490 e. The van der Waals surface area contributed by atoms with Gasteiger partial charge in [-0.15, -0.1) is 0 Å². The molecule has 2 fully saturated rings. The lowest BCUT2D eigenvalue weighted by Crippen LogP contribution is -2.48. The summed E-state index contributed by atoms with van der Waals surface area (Å²) in [5.41, 5.74) is 1.50. The van der Waals surface area contributed by atoms with Gasteiger partial charge < -0.3 is 19.0 Å². The van der Waals surface area contributed by atoms with E-state index in [-0.39, 0.29) is 17.1 Å². The fraction of sp³-hybridized carbons (Fsp3) is 0.409. The van der Waals surface area contributed by atoms with Gasteiger partial charge in [-0.25, -0.2) is 9.37 Å². The van der Waals surface area contributed by atoms with E-state index in [1.165, 1.54) is 6.07 Å². The minimum absolute atomic E-state index is 0.164. The zero-order valence-electron chi connectivity index (χ0n) is 17.1. The third-order valence-electron chi connectivity index (χ3n) is 5.90. The third kappa shape index (κ3) is 4.17. The Morgan fingerprint density at radius 3 is 2.68 bits per heavy atom. The van der Waals surface area contributed by atoms with E-state index in [0.717, 1.165) is 12.8 Å². The van der Waals surface area contributed by atoms with Crippen molar-refractivity contribution in [3.63, 3.8) is 0 Å². The molecule has 1 aromatic carbocycles. The number of carbonyl (C=O) groups is 1. The molecular weight excluding hydrogens is 423 g/mol. The van der Waals surface area contributed by atoms with Crippen LogP contribution in [0.5, 0.6) is 5.75 Å². The first-order chi connectivity index (χ1) is 14.9. The second-order valence-corrected chi connectivity index (χ2v) is 8.86. The first-order valence-electron chi connectivity index (χ1n) is 10.3. The lowest BCUT2D eigenvalue weighted by atomic mass is 10.1. The van der Waals surface area contributed by atoms with E-state index in [4.69, 9.17) is 20.8 Å². The second-order valence-electron chi connectivity index (χ2n) is 8.48. The highest BCUT2D eigenvalue weighted by Crippen LogP contribution is 2.45. The molecule has 1 saturated heterocycles. The summed E-state index contributed by atoms with van der Waals surface area (Å²) in [6.45, 7) is 4.67. The molecule has 1 aliphatic carbocycles. The van der Waals surface area contributed by atoms with Gasteiger partial charge in [-0.2, -0.15) is 4.98 Å². The predicted molar refractivity (Wildman–Crippen MR) is 114 cm³/mol. The van der Waals surface area contributed by atoms with Crippen molar-refractivity contribution >= 4 is 34.8 Å². The number of anilines is 1. The summed E-state index contributed by atoms with van der Waals surface area (Å²) >= 11 is 5.90. The van der Waals surface area contributed by atoms with Crippen molar-refractivity contribution in [2.75, 3.05) is 37.7 Å². The molecule has 31 heavy (non-hydrogen) atoms. The second kappa shape index (κ2) is 7.67. The predicted octanol–water partition coefficient (Wildman–Crippen LogP) is 4.16. The Labute approximate surface area is 183 Å². The number of oxazole rings is 1. The first kappa shape index (κ1) is 20.1. The highest BCUT2D eigenvalue weighted by atomic mass is 35.5. The summed E-state index contributed by atoms with van der Waals surface area (Å²) in [5.74, 6) is -0.518. The number of amides is 1. The number of ether oxygens (including phenoxy) is 1. The molecule has 1 amide bonds. The van der Waals surface area contributed by atoms with Crippen molar-refractivity contribution in [3.8, 4) is 5.75 Å². The Morgan fingerprint density at radius 1 is 1.19 bits per heavy atom. The maximum absolute atomic E-state index is 14.4. The van der Waals surface area contributed by atoms with E-state index in [0.29, 0.717) is 60.7 Å². The Hall–Kier alpha value is -2.87. The lowest BCUT2D eigenvalue weighted by molar-refractivity contribution is 0.0744. The number of benzene rings is 1. The van der Waals surface area contributed by atoms with E-state index >= 15 is 0 Å². The number of hydrogen-bond donors (Lipinski definition) is 0. The molecule has 0 radical (unpaired) electrons. The van der Waals surface area contributed by atoms with E-state index < -0.39 is 5.82 Å². The molecule has 1 saturated carbocycles. The minimum Gasteiger partial charge on any atom is -0.490 e. The Kier molecular flexibility index (Phi) is 4.97. The van der Waals surface area contributed by atoms with Crippen LogP contribution in [0.1, 0.15) is 30.1 Å². The van der Waals surface area contributed by atoms with Crippen LogP contribution < -0.4 is 9.64 Å². The molecule has 5 rings (SSSR count). The third-order valence-corrected chi connectivity index (χ3v) is 6.11. The molecule has 0 spiro atoms. The van der Waals surface area contributed by atoms with Crippen LogP contribution in [0.2, 0.25) is 5.15 Å². The van der Waals surface area contributed by atoms with E-state index in [9.17, 15) is 9.18 Å². The SMILES string of the molecule is CC1(COc2ccc(C(=O)N3CCN(c4nc5nc(Cl)ccc5o4)CC3)cc2F)CC1. The molecule has 0 N–H and O–H groups in total. The molecule has 2 aromatic heterocycles. The first-order valence-corrected chi connectivity index (χ1v) is 10.7. The van der Waals surface area contributed by atoms with Gasteiger partial charge >= 0.3 is 0 Å². The number of aromatic nitrogens is 2. The summed E-state index contributed by atoms with van der Waals surface area (Å²) < 4.78 is 25.8. The number of nitrogens with zero attached hydrogens (tertiary/aromatic N) is 4.